The van der Waals surface area contributed by atoms with E-state index in [2.05, 4.69) is 98.9 Å². The molecule has 0 aromatic carbocycles. The molecule has 536 valence electrons. The molecule has 0 heterocycles. The average Bonchev–Trinajstić information content (AvgIpc) is 2.14. The van der Waals surface area contributed by atoms with Gasteiger partial charge in [0.2, 0.25) is 0 Å². The maximum atomic E-state index is 12.9. The van der Waals surface area contributed by atoms with Crippen LogP contribution in [-0.2, 0) is 32.7 Å². The third kappa shape index (κ3) is 76.2. The smallest absolute Gasteiger partial charge is 0.462 e. The van der Waals surface area contributed by atoms with Crippen LogP contribution in [0, 0.1) is 0 Å². The summed E-state index contributed by atoms with van der Waals surface area (Å²) in [6.45, 7) is 4.34. The zero-order chi connectivity index (χ0) is 66.9. The number of rotatable bonds is 73. The Kier molecular flexibility index (Phi) is 70.2. The Morgan fingerprint density at radius 3 is 0.924 bits per heavy atom. The molecule has 0 aromatic heterocycles. The van der Waals surface area contributed by atoms with Gasteiger partial charge in [0, 0.05) is 12.8 Å². The van der Waals surface area contributed by atoms with Crippen LogP contribution >= 0.6 is 7.82 Å². The number of quaternary nitrogens is 1. The number of unbranched alkanes of at least 4 members (excludes halogenated alkanes) is 45. The third-order valence-electron chi connectivity index (χ3n) is 17.4. The number of phosphoric acid groups is 1. The van der Waals surface area contributed by atoms with E-state index in [0.29, 0.717) is 17.4 Å². The van der Waals surface area contributed by atoms with Crippen LogP contribution in [0.5, 0.6) is 0 Å². The van der Waals surface area contributed by atoms with Gasteiger partial charge in [0.1, 0.15) is 19.8 Å². The highest BCUT2D eigenvalue weighted by Gasteiger charge is 2.27. The molecule has 92 heavy (non-hydrogen) atoms. The topological polar surface area (TPSA) is 108 Å². The number of allylic oxidation sites excluding steroid dienone is 14. The molecule has 0 saturated carbocycles. The van der Waals surface area contributed by atoms with Gasteiger partial charge in [-0.2, -0.15) is 0 Å². The Bertz CT molecular complexity index is 1830. The first-order valence-corrected chi connectivity index (χ1v) is 40.8. The van der Waals surface area contributed by atoms with Crippen LogP contribution in [0.2, 0.25) is 0 Å². The Morgan fingerprint density at radius 1 is 0.348 bits per heavy atom. The molecular formula is C82H151NO8P+. The monoisotopic (exact) mass is 1310 g/mol. The van der Waals surface area contributed by atoms with Crippen molar-refractivity contribution in [3.8, 4) is 0 Å². The van der Waals surface area contributed by atoms with E-state index in [9.17, 15) is 19.0 Å². The molecule has 2 unspecified atom stereocenters. The van der Waals surface area contributed by atoms with Crippen molar-refractivity contribution < 1.29 is 42.1 Å². The lowest BCUT2D eigenvalue weighted by Gasteiger charge is -2.24. The first-order chi connectivity index (χ1) is 45.0. The van der Waals surface area contributed by atoms with Crippen molar-refractivity contribution >= 4 is 19.8 Å². The van der Waals surface area contributed by atoms with E-state index in [0.717, 1.165) is 96.3 Å². The normalized spacial score (nSPS) is 13.5. The summed E-state index contributed by atoms with van der Waals surface area (Å²) in [5.74, 6) is -0.810. The van der Waals surface area contributed by atoms with Crippen LogP contribution in [0.4, 0.5) is 0 Å². The number of phosphoric ester groups is 1. The molecule has 0 spiro atoms. The van der Waals surface area contributed by atoms with Gasteiger partial charge >= 0.3 is 19.8 Å². The summed E-state index contributed by atoms with van der Waals surface area (Å²) >= 11 is 0. The van der Waals surface area contributed by atoms with E-state index in [1.54, 1.807) is 0 Å². The number of carbonyl (C=O) groups is 2. The molecule has 0 aromatic rings. The van der Waals surface area contributed by atoms with E-state index < -0.39 is 26.5 Å². The predicted octanol–water partition coefficient (Wildman–Crippen LogP) is 26.1. The van der Waals surface area contributed by atoms with Crippen LogP contribution in [0.15, 0.2) is 85.1 Å². The molecule has 0 bridgehead atoms. The zero-order valence-corrected chi connectivity index (χ0v) is 62.2. The van der Waals surface area contributed by atoms with Crippen LogP contribution in [0.25, 0.3) is 0 Å². The van der Waals surface area contributed by atoms with Crippen LogP contribution in [0.3, 0.4) is 0 Å². The minimum atomic E-state index is -4.40. The lowest BCUT2D eigenvalue weighted by molar-refractivity contribution is -0.870. The fraction of sp³-hybridized carbons (Fsp3) is 0.805. The van der Waals surface area contributed by atoms with Gasteiger partial charge in [-0.3, -0.25) is 18.6 Å². The summed E-state index contributed by atoms with van der Waals surface area (Å²) in [5, 5.41) is 0. The lowest BCUT2D eigenvalue weighted by atomic mass is 10.0. The summed E-state index contributed by atoms with van der Waals surface area (Å²) in [6, 6.07) is 0. The van der Waals surface area contributed by atoms with Crippen molar-refractivity contribution in [3.05, 3.63) is 85.1 Å². The molecule has 0 aliphatic heterocycles. The highest BCUT2D eigenvalue weighted by Crippen LogP contribution is 2.43. The van der Waals surface area contributed by atoms with E-state index >= 15 is 0 Å². The van der Waals surface area contributed by atoms with Crippen LogP contribution < -0.4 is 0 Å². The van der Waals surface area contributed by atoms with Gasteiger partial charge in [-0.05, 0) is 70.6 Å². The van der Waals surface area contributed by atoms with Crippen molar-refractivity contribution in [1.82, 2.24) is 0 Å². The van der Waals surface area contributed by atoms with Gasteiger partial charge in [0.15, 0.2) is 6.10 Å². The minimum absolute atomic E-state index is 0.0249. The number of ether oxygens (including phenoxy) is 2. The largest absolute Gasteiger partial charge is 0.472 e. The summed E-state index contributed by atoms with van der Waals surface area (Å²) in [6.07, 6.45) is 100. The number of carbonyl (C=O) groups excluding carboxylic acids is 2. The highest BCUT2D eigenvalue weighted by molar-refractivity contribution is 7.47. The number of likely N-dealkylation sites (N-methyl/N-ethyl adjacent to an activating group) is 1. The fourth-order valence-electron chi connectivity index (χ4n) is 11.5. The van der Waals surface area contributed by atoms with E-state index in [1.807, 2.05) is 21.1 Å². The molecular weight excluding hydrogens is 1160 g/mol. The average molecular weight is 1310 g/mol. The Hall–Kier alpha value is -2.81. The molecule has 0 rings (SSSR count). The van der Waals surface area contributed by atoms with E-state index in [1.165, 1.54) is 244 Å². The SMILES string of the molecule is CC/C=C\C/C=C\C/C=C\C/C=C\C/C=C\C/C=C\C/C=C\CCCCCCCC(=O)OC(COC(=O)CCCCCCCCCCCCCCCCCCCCCCCCCCCCCCCCCCCCCCCCCCC)COP(=O)(O)OCC[N+](C)(C)C. The summed E-state index contributed by atoms with van der Waals surface area (Å²) in [7, 11) is 1.47. The molecule has 9 nitrogen and oxygen atoms in total. The van der Waals surface area contributed by atoms with Gasteiger partial charge in [-0.1, -0.05) is 375 Å². The summed E-state index contributed by atoms with van der Waals surface area (Å²) in [4.78, 5) is 35.9. The first kappa shape index (κ1) is 89.2. The van der Waals surface area contributed by atoms with Gasteiger partial charge in [-0.25, -0.2) is 4.57 Å². The molecule has 0 amide bonds. The fourth-order valence-corrected chi connectivity index (χ4v) is 12.2. The van der Waals surface area contributed by atoms with E-state index in [-0.39, 0.29) is 32.0 Å². The van der Waals surface area contributed by atoms with Crippen LogP contribution in [-0.4, -0.2) is 74.9 Å². The molecule has 2 atom stereocenters. The van der Waals surface area contributed by atoms with E-state index in [4.69, 9.17) is 18.5 Å². The van der Waals surface area contributed by atoms with Crippen molar-refractivity contribution in [1.29, 1.82) is 0 Å². The Morgan fingerprint density at radius 2 is 0.620 bits per heavy atom. The number of esters is 2. The van der Waals surface area contributed by atoms with Gasteiger partial charge < -0.3 is 18.9 Å². The molecule has 0 aliphatic rings. The second-order valence-electron chi connectivity index (χ2n) is 27.7. The predicted molar refractivity (Wildman–Crippen MR) is 399 cm³/mol. The summed E-state index contributed by atoms with van der Waals surface area (Å²) < 4.78 is 34.7. The Labute approximate surface area is 571 Å². The zero-order valence-electron chi connectivity index (χ0n) is 61.3. The number of hydrogen-bond acceptors (Lipinski definition) is 7. The molecule has 0 fully saturated rings. The van der Waals surface area contributed by atoms with Crippen molar-refractivity contribution in [3.63, 3.8) is 0 Å². The third-order valence-corrected chi connectivity index (χ3v) is 18.4. The maximum absolute atomic E-state index is 12.9. The van der Waals surface area contributed by atoms with Gasteiger partial charge in [-0.15, -0.1) is 0 Å². The van der Waals surface area contributed by atoms with Crippen molar-refractivity contribution in [2.75, 3.05) is 47.5 Å². The van der Waals surface area contributed by atoms with Crippen molar-refractivity contribution in [2.45, 2.75) is 380 Å². The molecule has 1 N–H and O–H groups in total. The second kappa shape index (κ2) is 72.5. The maximum Gasteiger partial charge on any atom is 0.472 e. The Balaban J connectivity index is 3.93. The van der Waals surface area contributed by atoms with Gasteiger partial charge in [0.05, 0.1) is 27.7 Å². The lowest BCUT2D eigenvalue weighted by Crippen LogP contribution is -2.37. The molecule has 0 radical (unpaired) electrons. The van der Waals surface area contributed by atoms with Gasteiger partial charge in [0.25, 0.3) is 0 Å². The number of hydrogen-bond donors (Lipinski definition) is 1. The molecule has 10 heteroatoms. The minimum Gasteiger partial charge on any atom is -0.462 e. The standard InChI is InChI=1S/C82H150NO8P/c1-6-8-10-12-14-16-18-20-22-24-26-28-30-32-34-35-36-37-38-39-40-41-42-43-44-45-46-47-49-50-52-54-56-58-60-62-64-66-68-70-72-74-81(84)88-78-80(79-90-92(86,87)89-77-76-83(3,4)5)91-82(85)75-73-71-69-67-65-63-61-59-57-55-53-51-48-33-31-29-27-25-23-21-19-17-15-13-11-9-7-2/h9,11,15,17,21,23,27,29,33,48,53,55,59,61,80H,6-8,10,12-14,16,18-20,22,24-26,28,30-32,34-47,49-52,54,56-58,60,62-79H2,1-5H3/p+1/b11-9-,17-15-,23-21-,29-27-,48-33-,55-53-,61-59-. The first-order valence-electron chi connectivity index (χ1n) is 39.3. The van der Waals surface area contributed by atoms with Crippen LogP contribution in [0.1, 0.15) is 373 Å². The van der Waals surface area contributed by atoms with Crippen molar-refractivity contribution in [2.24, 2.45) is 0 Å². The number of nitrogens with zero attached hydrogens (tertiary/aromatic N) is 1. The molecule has 0 saturated heterocycles. The highest BCUT2D eigenvalue weighted by atomic mass is 31.2. The molecule has 0 aliphatic carbocycles. The second-order valence-corrected chi connectivity index (χ2v) is 29.2. The quantitative estimate of drug-likeness (QED) is 0.0211. The summed E-state index contributed by atoms with van der Waals surface area (Å²) in [5.41, 5.74) is 0.